The van der Waals surface area contributed by atoms with Crippen molar-refractivity contribution < 1.29 is 13.6 Å². The van der Waals surface area contributed by atoms with Gasteiger partial charge in [-0.05, 0) is 60.4 Å². The van der Waals surface area contributed by atoms with Crippen molar-refractivity contribution in [3.05, 3.63) is 89.4 Å². The Balaban J connectivity index is 1.59. The predicted molar refractivity (Wildman–Crippen MR) is 107 cm³/mol. The summed E-state index contributed by atoms with van der Waals surface area (Å²) in [4.78, 5) is 18.0. The average molecular weight is 370 g/mol. The zero-order valence-electron chi connectivity index (χ0n) is 15.1. The van der Waals surface area contributed by atoms with E-state index in [2.05, 4.69) is 5.32 Å². The van der Waals surface area contributed by atoms with E-state index in [0.29, 0.717) is 12.1 Å². The molecule has 0 fully saturated rings. The lowest BCUT2D eigenvalue weighted by molar-refractivity contribution is 0.0949. The van der Waals surface area contributed by atoms with E-state index in [9.17, 15) is 4.79 Å². The highest BCUT2D eigenvalue weighted by molar-refractivity contribution is 6.09. The van der Waals surface area contributed by atoms with Gasteiger partial charge >= 0.3 is 0 Å². The molecule has 5 nitrogen and oxygen atoms in total. The number of nitrogens with zero attached hydrogens (tertiary/aromatic N) is 1. The highest BCUT2D eigenvalue weighted by Crippen LogP contribution is 2.37. The van der Waals surface area contributed by atoms with Gasteiger partial charge in [-0.25, -0.2) is 4.98 Å². The number of carbonyl (C=O) groups excluding carboxylic acids is 1. The van der Waals surface area contributed by atoms with E-state index >= 15 is 0 Å². The van der Waals surface area contributed by atoms with E-state index in [1.807, 2.05) is 54.6 Å². The molecule has 0 atom stereocenters. The zero-order valence-corrected chi connectivity index (χ0v) is 15.1. The van der Waals surface area contributed by atoms with Crippen molar-refractivity contribution in [1.29, 1.82) is 0 Å². The SMILES string of the molecule is O=C(NCc1ccco1)c1c2c(nc3ccccc13)/C(=C/c1ccco1)CC2. The van der Waals surface area contributed by atoms with Crippen molar-refractivity contribution in [2.75, 3.05) is 0 Å². The fourth-order valence-electron chi connectivity index (χ4n) is 3.75. The molecular weight excluding hydrogens is 352 g/mol. The van der Waals surface area contributed by atoms with Gasteiger partial charge in [-0.1, -0.05) is 18.2 Å². The number of nitrogens with one attached hydrogen (secondary N) is 1. The summed E-state index contributed by atoms with van der Waals surface area (Å²) in [7, 11) is 0. The van der Waals surface area contributed by atoms with Gasteiger partial charge in [-0.2, -0.15) is 0 Å². The van der Waals surface area contributed by atoms with Gasteiger partial charge in [-0.15, -0.1) is 0 Å². The van der Waals surface area contributed by atoms with Crippen LogP contribution in [0.2, 0.25) is 0 Å². The molecule has 138 valence electrons. The van der Waals surface area contributed by atoms with E-state index in [1.54, 1.807) is 12.5 Å². The van der Waals surface area contributed by atoms with Crippen LogP contribution in [0.5, 0.6) is 0 Å². The van der Waals surface area contributed by atoms with Gasteiger partial charge in [0.05, 0.1) is 35.8 Å². The maximum absolute atomic E-state index is 13.1. The monoisotopic (exact) mass is 370 g/mol. The number of hydrogen-bond donors (Lipinski definition) is 1. The predicted octanol–water partition coefficient (Wildman–Crippen LogP) is 4.84. The molecule has 0 aliphatic heterocycles. The van der Waals surface area contributed by atoms with Crippen LogP contribution in [-0.2, 0) is 13.0 Å². The second-order valence-corrected chi connectivity index (χ2v) is 6.78. The zero-order chi connectivity index (χ0) is 18.9. The molecule has 0 saturated carbocycles. The van der Waals surface area contributed by atoms with Crippen molar-refractivity contribution in [2.24, 2.45) is 0 Å². The van der Waals surface area contributed by atoms with E-state index in [4.69, 9.17) is 13.8 Å². The number of rotatable bonds is 4. The van der Waals surface area contributed by atoms with Crippen LogP contribution in [0.25, 0.3) is 22.6 Å². The lowest BCUT2D eigenvalue weighted by Crippen LogP contribution is -2.24. The van der Waals surface area contributed by atoms with Crippen LogP contribution in [0.4, 0.5) is 0 Å². The second-order valence-electron chi connectivity index (χ2n) is 6.78. The van der Waals surface area contributed by atoms with Crippen molar-refractivity contribution >= 4 is 28.5 Å². The third kappa shape index (κ3) is 2.91. The third-order valence-corrected chi connectivity index (χ3v) is 5.03. The number of carbonyl (C=O) groups is 1. The minimum atomic E-state index is -0.106. The molecule has 1 amide bonds. The lowest BCUT2D eigenvalue weighted by atomic mass is 10.00. The molecule has 28 heavy (non-hydrogen) atoms. The number of allylic oxidation sites excluding steroid dienone is 1. The molecule has 3 heterocycles. The first-order valence-electron chi connectivity index (χ1n) is 9.26. The molecule has 3 aromatic heterocycles. The normalized spacial score (nSPS) is 14.5. The molecule has 1 aliphatic rings. The Bertz CT molecular complexity index is 1170. The molecule has 5 rings (SSSR count). The summed E-state index contributed by atoms with van der Waals surface area (Å²) in [6.45, 7) is 0.354. The topological polar surface area (TPSA) is 68.3 Å². The van der Waals surface area contributed by atoms with Crippen LogP contribution >= 0.6 is 0 Å². The molecule has 1 aliphatic carbocycles. The molecule has 0 saturated heterocycles. The largest absolute Gasteiger partial charge is 0.467 e. The molecular formula is C23H18N2O3. The Kier molecular flexibility index (Phi) is 4.05. The summed E-state index contributed by atoms with van der Waals surface area (Å²) >= 11 is 0. The summed E-state index contributed by atoms with van der Waals surface area (Å²) in [5.74, 6) is 1.41. The number of amides is 1. The fourth-order valence-corrected chi connectivity index (χ4v) is 3.75. The van der Waals surface area contributed by atoms with Gasteiger partial charge in [0.1, 0.15) is 11.5 Å². The molecule has 0 bridgehead atoms. The van der Waals surface area contributed by atoms with Gasteiger partial charge in [0, 0.05) is 5.39 Å². The average Bonchev–Trinajstić information content (AvgIpc) is 3.48. The minimum Gasteiger partial charge on any atom is -0.467 e. The molecule has 1 N–H and O–H groups in total. The van der Waals surface area contributed by atoms with Crippen molar-refractivity contribution in [2.45, 2.75) is 19.4 Å². The van der Waals surface area contributed by atoms with Crippen LogP contribution in [0.15, 0.2) is 69.9 Å². The van der Waals surface area contributed by atoms with Gasteiger partial charge in [-0.3, -0.25) is 4.79 Å². The molecule has 0 radical (unpaired) electrons. The quantitative estimate of drug-likeness (QED) is 0.558. The van der Waals surface area contributed by atoms with Crippen molar-refractivity contribution in [3.63, 3.8) is 0 Å². The number of hydrogen-bond acceptors (Lipinski definition) is 4. The van der Waals surface area contributed by atoms with Crippen LogP contribution in [0, 0.1) is 0 Å². The third-order valence-electron chi connectivity index (χ3n) is 5.03. The number of benzene rings is 1. The smallest absolute Gasteiger partial charge is 0.252 e. The van der Waals surface area contributed by atoms with Crippen LogP contribution in [0.1, 0.15) is 39.6 Å². The summed E-state index contributed by atoms with van der Waals surface area (Å²) in [6.07, 6.45) is 6.88. The molecule has 5 heteroatoms. The lowest BCUT2D eigenvalue weighted by Gasteiger charge is -2.12. The Morgan fingerprint density at radius 2 is 1.89 bits per heavy atom. The van der Waals surface area contributed by atoms with E-state index in [0.717, 1.165) is 52.1 Å². The van der Waals surface area contributed by atoms with Crippen molar-refractivity contribution in [3.8, 4) is 0 Å². The molecule has 4 aromatic rings. The number of pyridine rings is 1. The van der Waals surface area contributed by atoms with Gasteiger partial charge in [0.2, 0.25) is 0 Å². The van der Waals surface area contributed by atoms with Gasteiger partial charge in [0.15, 0.2) is 0 Å². The first-order chi connectivity index (χ1) is 13.8. The molecule has 0 unspecified atom stereocenters. The van der Waals surface area contributed by atoms with E-state index in [-0.39, 0.29) is 5.91 Å². The van der Waals surface area contributed by atoms with Crippen LogP contribution in [-0.4, -0.2) is 10.9 Å². The van der Waals surface area contributed by atoms with Gasteiger partial charge in [0.25, 0.3) is 5.91 Å². The summed E-state index contributed by atoms with van der Waals surface area (Å²) in [5, 5.41) is 3.86. The fraction of sp³-hybridized carbons (Fsp3) is 0.130. The Morgan fingerprint density at radius 1 is 1.04 bits per heavy atom. The first kappa shape index (κ1) is 16.6. The number of aromatic nitrogens is 1. The Hall–Kier alpha value is -3.60. The number of furan rings is 2. The number of fused-ring (bicyclic) bond motifs is 2. The summed E-state index contributed by atoms with van der Waals surface area (Å²) < 4.78 is 10.8. The Labute approximate surface area is 161 Å². The van der Waals surface area contributed by atoms with E-state index in [1.165, 1.54) is 0 Å². The maximum Gasteiger partial charge on any atom is 0.252 e. The standard InChI is InChI=1S/C23H18N2O3/c26-23(24-14-17-6-4-12-28-17)21-18-7-1-2-8-20(18)25-22-15(9-10-19(21)22)13-16-5-3-11-27-16/h1-8,11-13H,9-10,14H2,(H,24,26)/b15-13+. The van der Waals surface area contributed by atoms with E-state index < -0.39 is 0 Å². The van der Waals surface area contributed by atoms with Gasteiger partial charge < -0.3 is 14.2 Å². The maximum atomic E-state index is 13.1. The van der Waals surface area contributed by atoms with Crippen LogP contribution < -0.4 is 5.32 Å². The summed E-state index contributed by atoms with van der Waals surface area (Å²) in [6, 6.07) is 15.2. The van der Waals surface area contributed by atoms with Crippen molar-refractivity contribution in [1.82, 2.24) is 10.3 Å². The number of para-hydroxylation sites is 1. The Morgan fingerprint density at radius 3 is 2.71 bits per heavy atom. The minimum absolute atomic E-state index is 0.106. The first-order valence-corrected chi connectivity index (χ1v) is 9.26. The summed E-state index contributed by atoms with van der Waals surface area (Å²) in [5.41, 5.74) is 4.49. The molecule has 1 aromatic carbocycles. The van der Waals surface area contributed by atoms with Crippen LogP contribution in [0.3, 0.4) is 0 Å². The molecule has 0 spiro atoms. The highest BCUT2D eigenvalue weighted by Gasteiger charge is 2.27. The highest BCUT2D eigenvalue weighted by atomic mass is 16.3. The second kappa shape index (κ2) is 6.85.